The maximum absolute atomic E-state index is 6.07. The third-order valence-corrected chi connectivity index (χ3v) is 3.61. The van der Waals surface area contributed by atoms with Crippen molar-refractivity contribution in [1.29, 1.82) is 0 Å². The van der Waals surface area contributed by atoms with Crippen LogP contribution in [-0.4, -0.2) is 9.97 Å². The molecule has 0 radical (unpaired) electrons. The predicted molar refractivity (Wildman–Crippen MR) is 69.9 cm³/mol. The summed E-state index contributed by atoms with van der Waals surface area (Å²) in [5.74, 6) is 5.57. The summed E-state index contributed by atoms with van der Waals surface area (Å²) < 4.78 is 0. The molecule has 0 spiro atoms. The molecule has 3 N–H and O–H groups in total. The van der Waals surface area contributed by atoms with Crippen LogP contribution in [0.3, 0.4) is 0 Å². The monoisotopic (exact) mass is 268 g/mol. The number of thiazole rings is 1. The van der Waals surface area contributed by atoms with Crippen molar-refractivity contribution < 1.29 is 0 Å². The van der Waals surface area contributed by atoms with Crippen molar-refractivity contribution in [2.75, 3.05) is 0 Å². The number of nitrogens with one attached hydrogen (secondary N) is 1. The highest BCUT2D eigenvalue weighted by atomic mass is 35.5. The van der Waals surface area contributed by atoms with Gasteiger partial charge in [-0.1, -0.05) is 11.6 Å². The van der Waals surface area contributed by atoms with Gasteiger partial charge in [-0.05, 0) is 25.0 Å². The number of pyridine rings is 1. The Morgan fingerprint density at radius 3 is 3.00 bits per heavy atom. The van der Waals surface area contributed by atoms with E-state index in [-0.39, 0.29) is 6.04 Å². The van der Waals surface area contributed by atoms with Gasteiger partial charge >= 0.3 is 0 Å². The highest BCUT2D eigenvalue weighted by Gasteiger charge is 2.15. The molecule has 90 valence electrons. The van der Waals surface area contributed by atoms with E-state index in [0.717, 1.165) is 16.3 Å². The number of hydrogen-bond donors (Lipinski definition) is 2. The molecule has 0 aromatic carbocycles. The number of hydrogen-bond acceptors (Lipinski definition) is 5. The van der Waals surface area contributed by atoms with Crippen LogP contribution < -0.4 is 11.3 Å². The van der Waals surface area contributed by atoms with Crippen molar-refractivity contribution >= 4 is 22.9 Å². The zero-order chi connectivity index (χ0) is 12.3. The first-order chi connectivity index (χ1) is 8.20. The average molecular weight is 269 g/mol. The SMILES string of the molecule is Cc1nc(C(Cc2ccncc2Cl)NN)cs1. The van der Waals surface area contributed by atoms with E-state index in [1.165, 1.54) is 0 Å². The molecule has 0 amide bonds. The van der Waals surface area contributed by atoms with Gasteiger partial charge in [0.25, 0.3) is 0 Å². The van der Waals surface area contributed by atoms with E-state index in [4.69, 9.17) is 17.4 Å². The molecule has 0 aliphatic carbocycles. The molecule has 2 heterocycles. The molecular weight excluding hydrogens is 256 g/mol. The van der Waals surface area contributed by atoms with Crippen LogP contribution in [0.2, 0.25) is 5.02 Å². The fraction of sp³-hybridized carbons (Fsp3) is 0.273. The van der Waals surface area contributed by atoms with Crippen LogP contribution in [-0.2, 0) is 6.42 Å². The molecule has 6 heteroatoms. The summed E-state index contributed by atoms with van der Waals surface area (Å²) in [5.41, 5.74) is 4.73. The van der Waals surface area contributed by atoms with E-state index in [2.05, 4.69) is 15.4 Å². The Kier molecular flexibility index (Phi) is 4.06. The molecule has 0 aliphatic rings. The minimum atomic E-state index is -0.0279. The zero-order valence-corrected chi connectivity index (χ0v) is 10.9. The number of aryl methyl sites for hydroxylation is 1. The number of nitrogens with two attached hydrogens (primary N) is 1. The Hall–Kier alpha value is -1.01. The summed E-state index contributed by atoms with van der Waals surface area (Å²) in [5, 5.41) is 3.69. The van der Waals surface area contributed by atoms with E-state index in [1.807, 2.05) is 18.4 Å². The van der Waals surface area contributed by atoms with Crippen LogP contribution >= 0.6 is 22.9 Å². The predicted octanol–water partition coefficient (Wildman–Crippen LogP) is 2.25. The van der Waals surface area contributed by atoms with Gasteiger partial charge in [0.15, 0.2) is 0 Å². The summed E-state index contributed by atoms with van der Waals surface area (Å²) in [6.07, 6.45) is 4.05. The van der Waals surface area contributed by atoms with E-state index < -0.39 is 0 Å². The Labute approximate surface area is 109 Å². The van der Waals surface area contributed by atoms with Gasteiger partial charge in [0.05, 0.1) is 21.8 Å². The molecule has 4 nitrogen and oxygen atoms in total. The van der Waals surface area contributed by atoms with E-state index in [1.54, 1.807) is 23.7 Å². The van der Waals surface area contributed by atoms with Crippen molar-refractivity contribution in [2.45, 2.75) is 19.4 Å². The third-order valence-electron chi connectivity index (χ3n) is 2.48. The fourth-order valence-electron chi connectivity index (χ4n) is 1.58. The molecule has 2 rings (SSSR count). The smallest absolute Gasteiger partial charge is 0.0898 e. The number of aromatic nitrogens is 2. The lowest BCUT2D eigenvalue weighted by Crippen LogP contribution is -2.29. The topological polar surface area (TPSA) is 63.8 Å². The summed E-state index contributed by atoms with van der Waals surface area (Å²) in [4.78, 5) is 8.38. The van der Waals surface area contributed by atoms with Crippen molar-refractivity contribution in [3.63, 3.8) is 0 Å². The number of rotatable bonds is 4. The van der Waals surface area contributed by atoms with Gasteiger partial charge in [-0.25, -0.2) is 4.98 Å². The lowest BCUT2D eigenvalue weighted by Gasteiger charge is -2.14. The van der Waals surface area contributed by atoms with Crippen molar-refractivity contribution in [2.24, 2.45) is 5.84 Å². The third kappa shape index (κ3) is 3.01. The van der Waals surface area contributed by atoms with E-state index in [0.29, 0.717) is 11.4 Å². The highest BCUT2D eigenvalue weighted by molar-refractivity contribution is 7.09. The van der Waals surface area contributed by atoms with E-state index in [9.17, 15) is 0 Å². The van der Waals surface area contributed by atoms with Gasteiger partial charge in [0.2, 0.25) is 0 Å². The molecule has 17 heavy (non-hydrogen) atoms. The maximum atomic E-state index is 6.07. The molecule has 0 saturated heterocycles. The molecule has 2 aromatic heterocycles. The normalized spacial score (nSPS) is 12.6. The van der Waals surface area contributed by atoms with Gasteiger partial charge in [-0.3, -0.25) is 16.3 Å². The van der Waals surface area contributed by atoms with Crippen molar-refractivity contribution in [3.05, 3.63) is 45.1 Å². The second kappa shape index (κ2) is 5.55. The Bertz CT molecular complexity index is 500. The number of nitrogens with zero attached hydrogens (tertiary/aromatic N) is 2. The molecule has 0 aliphatic heterocycles. The van der Waals surface area contributed by atoms with Gasteiger partial charge < -0.3 is 0 Å². The Morgan fingerprint density at radius 1 is 1.59 bits per heavy atom. The van der Waals surface area contributed by atoms with Gasteiger partial charge in [-0.15, -0.1) is 11.3 Å². The van der Waals surface area contributed by atoms with Crippen molar-refractivity contribution in [1.82, 2.24) is 15.4 Å². The standard InChI is InChI=1S/C11H13ClN4S/c1-7-15-11(6-17-7)10(16-13)4-8-2-3-14-5-9(8)12/h2-3,5-6,10,16H,4,13H2,1H3. The molecule has 2 aromatic rings. The molecule has 1 unspecified atom stereocenters. The minimum absolute atomic E-state index is 0.0279. The highest BCUT2D eigenvalue weighted by Crippen LogP contribution is 2.23. The van der Waals surface area contributed by atoms with Gasteiger partial charge in [0.1, 0.15) is 0 Å². The van der Waals surface area contributed by atoms with Crippen LogP contribution in [0.15, 0.2) is 23.8 Å². The minimum Gasteiger partial charge on any atom is -0.271 e. The van der Waals surface area contributed by atoms with Crippen LogP contribution in [0.25, 0.3) is 0 Å². The molecule has 0 saturated carbocycles. The first-order valence-corrected chi connectivity index (χ1v) is 6.43. The lowest BCUT2D eigenvalue weighted by atomic mass is 10.1. The summed E-state index contributed by atoms with van der Waals surface area (Å²) in [6.45, 7) is 1.97. The van der Waals surface area contributed by atoms with Crippen molar-refractivity contribution in [3.8, 4) is 0 Å². The Morgan fingerprint density at radius 2 is 2.41 bits per heavy atom. The summed E-state index contributed by atoms with van der Waals surface area (Å²) in [6, 6.07) is 1.87. The number of halogens is 1. The Balaban J connectivity index is 2.18. The first kappa shape index (κ1) is 12.4. The number of hydrazine groups is 1. The second-order valence-corrected chi connectivity index (χ2v) is 5.15. The van der Waals surface area contributed by atoms with Crippen LogP contribution in [0.5, 0.6) is 0 Å². The second-order valence-electron chi connectivity index (χ2n) is 3.68. The maximum Gasteiger partial charge on any atom is 0.0898 e. The molecule has 1 atom stereocenters. The fourth-order valence-corrected chi connectivity index (χ4v) is 2.44. The van der Waals surface area contributed by atoms with Crippen LogP contribution in [0.1, 0.15) is 22.3 Å². The summed E-state index contributed by atoms with van der Waals surface area (Å²) in [7, 11) is 0. The van der Waals surface area contributed by atoms with Gasteiger partial charge in [-0.2, -0.15) is 0 Å². The first-order valence-electron chi connectivity index (χ1n) is 5.17. The largest absolute Gasteiger partial charge is 0.271 e. The van der Waals surface area contributed by atoms with Gasteiger partial charge in [0, 0.05) is 17.8 Å². The quantitative estimate of drug-likeness (QED) is 0.659. The van der Waals surface area contributed by atoms with E-state index >= 15 is 0 Å². The zero-order valence-electron chi connectivity index (χ0n) is 9.35. The summed E-state index contributed by atoms with van der Waals surface area (Å²) >= 11 is 7.68. The lowest BCUT2D eigenvalue weighted by molar-refractivity contribution is 0.540. The molecule has 0 fully saturated rings. The molecular formula is C11H13ClN4S. The molecule has 0 bridgehead atoms. The average Bonchev–Trinajstić information content (AvgIpc) is 2.75. The van der Waals surface area contributed by atoms with Crippen LogP contribution in [0.4, 0.5) is 0 Å². The van der Waals surface area contributed by atoms with Crippen LogP contribution in [0, 0.1) is 6.92 Å².